The Bertz CT molecular complexity index is 635. The van der Waals surface area contributed by atoms with Crippen molar-refractivity contribution in [2.75, 3.05) is 0 Å². The summed E-state index contributed by atoms with van der Waals surface area (Å²) in [6, 6.07) is 3.17. The van der Waals surface area contributed by atoms with Crippen LogP contribution in [0.1, 0.15) is 15.5 Å². The molecule has 18 heavy (non-hydrogen) atoms. The van der Waals surface area contributed by atoms with E-state index in [0.29, 0.717) is 18.0 Å². The van der Waals surface area contributed by atoms with Crippen LogP contribution < -0.4 is 5.56 Å². The summed E-state index contributed by atoms with van der Waals surface area (Å²) in [5, 5.41) is 11.0. The Morgan fingerprint density at radius 3 is 2.94 bits per heavy atom. The largest absolute Gasteiger partial charge is 0.476 e. The number of hydrogen-bond acceptors (Lipinski definition) is 4. The molecule has 5 nitrogen and oxygen atoms in total. The molecule has 0 aliphatic heterocycles. The molecule has 0 spiro atoms. The van der Waals surface area contributed by atoms with Crippen molar-refractivity contribution in [3.8, 4) is 0 Å². The maximum atomic E-state index is 11.5. The number of carbonyl (C=O) groups is 1. The number of carboxylic acid groups (broad SMARTS) is 1. The van der Waals surface area contributed by atoms with Crippen molar-refractivity contribution < 1.29 is 9.90 Å². The number of nitrogens with zero attached hydrogens (tertiary/aromatic N) is 2. The molecule has 0 aromatic carbocycles. The normalized spacial score (nSPS) is 10.5. The second-order valence-corrected chi connectivity index (χ2v) is 5.42. The number of hydrogen-bond donors (Lipinski definition) is 1. The highest BCUT2D eigenvalue weighted by atomic mass is 79.9. The van der Waals surface area contributed by atoms with E-state index in [1.54, 1.807) is 16.8 Å². The molecule has 7 heteroatoms. The van der Waals surface area contributed by atoms with E-state index in [1.807, 2.05) is 0 Å². The van der Waals surface area contributed by atoms with E-state index in [2.05, 4.69) is 20.9 Å². The van der Waals surface area contributed by atoms with Gasteiger partial charge in [-0.3, -0.25) is 4.79 Å². The quantitative estimate of drug-likeness (QED) is 0.931. The van der Waals surface area contributed by atoms with Crippen LogP contribution in [0.5, 0.6) is 0 Å². The first-order chi connectivity index (χ1) is 8.56. The average molecular weight is 329 g/mol. The van der Waals surface area contributed by atoms with Gasteiger partial charge in [-0.15, -0.1) is 11.3 Å². The van der Waals surface area contributed by atoms with Gasteiger partial charge in [0.2, 0.25) is 0 Å². The van der Waals surface area contributed by atoms with Crippen molar-refractivity contribution in [2.45, 2.75) is 13.0 Å². The Hall–Kier alpha value is -1.47. The lowest BCUT2D eigenvalue weighted by atomic mass is 10.4. The highest BCUT2D eigenvalue weighted by Crippen LogP contribution is 2.11. The van der Waals surface area contributed by atoms with Crippen molar-refractivity contribution in [1.29, 1.82) is 0 Å². The van der Waals surface area contributed by atoms with E-state index >= 15 is 0 Å². The topological polar surface area (TPSA) is 72.2 Å². The Morgan fingerprint density at radius 1 is 1.50 bits per heavy atom. The molecule has 2 aromatic heterocycles. The van der Waals surface area contributed by atoms with Gasteiger partial charge in [0.05, 0.1) is 5.01 Å². The Balaban J connectivity index is 2.09. The number of carboxylic acids is 1. The molecule has 0 bridgehead atoms. The third-order valence-electron chi connectivity index (χ3n) is 2.28. The third kappa shape index (κ3) is 3.05. The van der Waals surface area contributed by atoms with Crippen molar-refractivity contribution >= 4 is 33.2 Å². The first-order valence-electron chi connectivity index (χ1n) is 5.10. The first-order valence-corrected chi connectivity index (χ1v) is 6.77. The zero-order valence-corrected chi connectivity index (χ0v) is 11.6. The van der Waals surface area contributed by atoms with Crippen LogP contribution in [0.4, 0.5) is 0 Å². The van der Waals surface area contributed by atoms with E-state index in [1.165, 1.54) is 22.8 Å². The molecule has 0 unspecified atom stereocenters. The molecule has 0 amide bonds. The molecule has 2 aromatic rings. The maximum Gasteiger partial charge on any atom is 0.355 e. The van der Waals surface area contributed by atoms with Crippen molar-refractivity contribution in [3.63, 3.8) is 0 Å². The van der Waals surface area contributed by atoms with Crippen LogP contribution in [0.2, 0.25) is 0 Å². The lowest BCUT2D eigenvalue weighted by molar-refractivity contribution is 0.0691. The molecule has 94 valence electrons. The summed E-state index contributed by atoms with van der Waals surface area (Å²) in [5.74, 6) is -1.03. The number of rotatable bonds is 4. The van der Waals surface area contributed by atoms with Crippen LogP contribution >= 0.6 is 27.3 Å². The number of aromatic nitrogens is 2. The lowest BCUT2D eigenvalue weighted by Crippen LogP contribution is -2.19. The molecule has 2 rings (SSSR count). The minimum atomic E-state index is -1.03. The van der Waals surface area contributed by atoms with Gasteiger partial charge in [0.25, 0.3) is 5.56 Å². The van der Waals surface area contributed by atoms with Gasteiger partial charge in [-0.05, 0) is 22.0 Å². The summed E-state index contributed by atoms with van der Waals surface area (Å²) in [4.78, 5) is 26.2. The van der Waals surface area contributed by atoms with E-state index < -0.39 is 5.97 Å². The number of pyridine rings is 1. The Morgan fingerprint density at radius 2 is 2.28 bits per heavy atom. The summed E-state index contributed by atoms with van der Waals surface area (Å²) in [6.45, 7) is 0.477. The number of thiazole rings is 1. The van der Waals surface area contributed by atoms with Gasteiger partial charge in [0.15, 0.2) is 5.69 Å². The second kappa shape index (κ2) is 5.45. The summed E-state index contributed by atoms with van der Waals surface area (Å²) < 4.78 is 2.39. The third-order valence-corrected chi connectivity index (χ3v) is 3.66. The Kier molecular flexibility index (Phi) is 3.93. The van der Waals surface area contributed by atoms with E-state index in [4.69, 9.17) is 5.11 Å². The molecule has 0 saturated carbocycles. The van der Waals surface area contributed by atoms with E-state index in [9.17, 15) is 9.59 Å². The van der Waals surface area contributed by atoms with Crippen LogP contribution in [0.3, 0.4) is 0 Å². The van der Waals surface area contributed by atoms with Crippen LogP contribution in [0, 0.1) is 0 Å². The number of aromatic carboxylic acids is 1. The predicted molar refractivity (Wildman–Crippen MR) is 71.2 cm³/mol. The van der Waals surface area contributed by atoms with Gasteiger partial charge in [0, 0.05) is 35.1 Å². The van der Waals surface area contributed by atoms with Gasteiger partial charge in [-0.1, -0.05) is 0 Å². The van der Waals surface area contributed by atoms with Crippen LogP contribution in [0.15, 0.2) is 33.0 Å². The minimum absolute atomic E-state index is 0.0524. The maximum absolute atomic E-state index is 11.5. The molecule has 0 saturated heterocycles. The molecule has 2 heterocycles. The van der Waals surface area contributed by atoms with Crippen molar-refractivity contribution in [2.24, 2.45) is 0 Å². The fourth-order valence-electron chi connectivity index (χ4n) is 1.42. The van der Waals surface area contributed by atoms with Crippen LogP contribution in [-0.2, 0) is 13.0 Å². The standard InChI is InChI=1S/C11H9BrN2O3S/c12-7-1-2-10(15)14(5-7)4-3-9-13-8(6-18-9)11(16)17/h1-2,5-6H,3-4H2,(H,16,17). The molecule has 0 aliphatic rings. The lowest BCUT2D eigenvalue weighted by Gasteiger charge is -2.03. The molecular formula is C11H9BrN2O3S. The fraction of sp³-hybridized carbons (Fsp3) is 0.182. The molecule has 0 aliphatic carbocycles. The van der Waals surface area contributed by atoms with Crippen LogP contribution in [0.25, 0.3) is 0 Å². The van der Waals surface area contributed by atoms with Gasteiger partial charge in [0.1, 0.15) is 0 Å². The van der Waals surface area contributed by atoms with Crippen molar-refractivity contribution in [3.05, 3.63) is 49.2 Å². The van der Waals surface area contributed by atoms with Gasteiger partial charge in [-0.2, -0.15) is 0 Å². The van der Waals surface area contributed by atoms with E-state index in [0.717, 1.165) is 4.47 Å². The molecule has 0 atom stereocenters. The average Bonchev–Trinajstić information content (AvgIpc) is 2.79. The van der Waals surface area contributed by atoms with Crippen LogP contribution in [-0.4, -0.2) is 20.6 Å². The summed E-state index contributed by atoms with van der Waals surface area (Å²) in [5.41, 5.74) is -0.0372. The molecule has 1 N–H and O–H groups in total. The van der Waals surface area contributed by atoms with Gasteiger partial charge >= 0.3 is 5.97 Å². The number of halogens is 1. The monoisotopic (exact) mass is 328 g/mol. The molecular weight excluding hydrogens is 320 g/mol. The van der Waals surface area contributed by atoms with Crippen molar-refractivity contribution in [1.82, 2.24) is 9.55 Å². The number of aryl methyl sites for hydroxylation is 2. The summed E-state index contributed by atoms with van der Waals surface area (Å²) >= 11 is 4.58. The van der Waals surface area contributed by atoms with Gasteiger partial charge in [-0.25, -0.2) is 9.78 Å². The molecule has 0 fully saturated rings. The smallest absolute Gasteiger partial charge is 0.355 e. The van der Waals surface area contributed by atoms with Gasteiger partial charge < -0.3 is 9.67 Å². The summed E-state index contributed by atoms with van der Waals surface area (Å²) in [7, 11) is 0. The molecule has 0 radical (unpaired) electrons. The fourth-order valence-corrected chi connectivity index (χ4v) is 2.56. The summed E-state index contributed by atoms with van der Waals surface area (Å²) in [6.07, 6.45) is 2.24. The SMILES string of the molecule is O=C(O)c1csc(CCn2cc(Br)ccc2=O)n1. The second-order valence-electron chi connectivity index (χ2n) is 3.56. The Labute approximate surface area is 115 Å². The highest BCUT2D eigenvalue weighted by Gasteiger charge is 2.08. The zero-order valence-electron chi connectivity index (χ0n) is 9.17. The predicted octanol–water partition coefficient (Wildman–Crippen LogP) is 2.01. The highest BCUT2D eigenvalue weighted by molar-refractivity contribution is 9.10. The zero-order chi connectivity index (χ0) is 13.1. The first kappa shape index (κ1) is 13.0. The van der Waals surface area contributed by atoms with E-state index in [-0.39, 0.29) is 11.3 Å². The minimum Gasteiger partial charge on any atom is -0.476 e.